The Labute approximate surface area is 292 Å². The maximum Gasteiger partial charge on any atom is 0.306 e. The lowest BCUT2D eigenvalue weighted by Crippen LogP contribution is -2.66. The van der Waals surface area contributed by atoms with Gasteiger partial charge in [0.1, 0.15) is 6.10 Å². The number of hydrogen-bond donors (Lipinski definition) is 0. The number of carbonyl (C=O) groups is 1. The van der Waals surface area contributed by atoms with Crippen molar-refractivity contribution in [3.05, 3.63) is 12.2 Å². The highest BCUT2D eigenvalue weighted by molar-refractivity contribution is 5.69. The number of ether oxygens (including phenoxy) is 1. The van der Waals surface area contributed by atoms with Crippen LogP contribution in [0.5, 0.6) is 0 Å². The zero-order valence-electron chi connectivity index (χ0n) is 32.8. The molecule has 0 aliphatic heterocycles. The summed E-state index contributed by atoms with van der Waals surface area (Å²) in [6.45, 7) is 24.9. The first-order valence-corrected chi connectivity index (χ1v) is 21.1. The molecule has 0 heterocycles. The zero-order chi connectivity index (χ0) is 34.1. The topological polar surface area (TPSA) is 26.3 Å². The Balaban J connectivity index is 1.13. The van der Waals surface area contributed by atoms with Gasteiger partial charge < -0.3 is 4.74 Å². The predicted octanol–water partition coefficient (Wildman–Crippen LogP) is 13.7. The van der Waals surface area contributed by atoms with E-state index in [1.165, 1.54) is 134 Å². The molecule has 1 unspecified atom stereocenters. The lowest BCUT2D eigenvalue weighted by atomic mass is 9.32. The molecule has 5 saturated carbocycles. The highest BCUT2D eigenvalue weighted by atomic mass is 16.5. The van der Waals surface area contributed by atoms with E-state index in [1.54, 1.807) is 0 Å². The lowest BCUT2D eigenvalue weighted by Gasteiger charge is -2.73. The summed E-state index contributed by atoms with van der Waals surface area (Å²) in [6.07, 6.45) is 30.0. The first-order chi connectivity index (χ1) is 22.2. The fourth-order valence-corrected chi connectivity index (χ4v) is 14.0. The molecule has 0 saturated heterocycles. The van der Waals surface area contributed by atoms with E-state index in [2.05, 4.69) is 62.0 Å². The SMILES string of the molecule is C=C(C)[C@@H]1CC[C@]2(C)CC[C@]3(C)[C@H](CC[C@@H]4[C@@]5(C)CCC(OC(=O)CCCCCCCCCCCCCC)C(C)(C)[C@@H]5CC[C@]43C)[C@@H]12. The molecule has 2 heteroatoms. The molecule has 47 heavy (non-hydrogen) atoms. The van der Waals surface area contributed by atoms with Gasteiger partial charge in [-0.1, -0.05) is 131 Å². The maximum atomic E-state index is 13.2. The number of rotatable bonds is 15. The van der Waals surface area contributed by atoms with E-state index in [0.717, 1.165) is 36.5 Å². The molecule has 5 aliphatic rings. The largest absolute Gasteiger partial charge is 0.462 e. The molecule has 10 atom stereocenters. The first kappa shape index (κ1) is 37.5. The average Bonchev–Trinajstić information content (AvgIpc) is 3.37. The van der Waals surface area contributed by atoms with Crippen LogP contribution >= 0.6 is 0 Å². The van der Waals surface area contributed by atoms with Crippen LogP contribution < -0.4 is 0 Å². The van der Waals surface area contributed by atoms with E-state index in [4.69, 9.17) is 4.74 Å². The fraction of sp³-hybridized carbons (Fsp3) is 0.933. The predicted molar refractivity (Wildman–Crippen MR) is 200 cm³/mol. The molecule has 5 fully saturated rings. The van der Waals surface area contributed by atoms with Crippen LogP contribution in [0.2, 0.25) is 0 Å². The highest BCUT2D eigenvalue weighted by Crippen LogP contribution is 2.77. The molecular weight excluding hydrogens is 572 g/mol. The van der Waals surface area contributed by atoms with Crippen LogP contribution in [0.15, 0.2) is 12.2 Å². The van der Waals surface area contributed by atoms with Crippen LogP contribution in [-0.4, -0.2) is 12.1 Å². The summed E-state index contributed by atoms with van der Waals surface area (Å²) in [6, 6.07) is 0. The van der Waals surface area contributed by atoms with Gasteiger partial charge in [0.05, 0.1) is 0 Å². The van der Waals surface area contributed by atoms with Crippen molar-refractivity contribution in [2.45, 2.75) is 209 Å². The normalized spacial score (nSPS) is 42.1. The second-order valence-electron chi connectivity index (χ2n) is 19.8. The van der Waals surface area contributed by atoms with Gasteiger partial charge in [0, 0.05) is 11.8 Å². The molecule has 0 radical (unpaired) electrons. The summed E-state index contributed by atoms with van der Waals surface area (Å²) in [5, 5.41) is 0. The van der Waals surface area contributed by atoms with E-state index >= 15 is 0 Å². The maximum absolute atomic E-state index is 13.2. The minimum Gasteiger partial charge on any atom is -0.462 e. The van der Waals surface area contributed by atoms with Gasteiger partial charge in [-0.15, -0.1) is 0 Å². The van der Waals surface area contributed by atoms with Crippen molar-refractivity contribution in [2.75, 3.05) is 0 Å². The lowest BCUT2D eigenvalue weighted by molar-refractivity contribution is -0.249. The fourth-order valence-electron chi connectivity index (χ4n) is 14.0. The molecule has 0 spiro atoms. The van der Waals surface area contributed by atoms with Crippen LogP contribution in [0.3, 0.4) is 0 Å². The molecule has 0 bridgehead atoms. The van der Waals surface area contributed by atoms with Crippen LogP contribution in [0.25, 0.3) is 0 Å². The summed E-state index contributed by atoms with van der Waals surface area (Å²) in [5.41, 5.74) is 3.19. The Hall–Kier alpha value is -0.790. The number of unbranched alkanes of at least 4 members (excludes halogenated alkanes) is 11. The van der Waals surface area contributed by atoms with Gasteiger partial charge >= 0.3 is 5.97 Å². The number of esters is 1. The van der Waals surface area contributed by atoms with Crippen molar-refractivity contribution in [3.8, 4) is 0 Å². The van der Waals surface area contributed by atoms with Gasteiger partial charge in [-0.2, -0.15) is 0 Å². The number of carbonyl (C=O) groups excluding carboxylic acids is 1. The standard InChI is InChI=1S/C45H78O2/c1-10-11-12-13-14-15-16-17-18-19-20-21-22-39(46)47-38-27-29-43(7)36(41(38,4)5)26-30-45(9)37(43)24-23-35-40-34(33(2)3)25-28-42(40,6)31-32-44(35,45)8/h34-38,40H,2,10-32H2,1,3-9H3/t34-,35+,36-,37+,38?,40+,42+,43-,44+,45+/m0/s1. The van der Waals surface area contributed by atoms with E-state index in [0.29, 0.717) is 34.0 Å². The third kappa shape index (κ3) is 6.95. The summed E-state index contributed by atoms with van der Waals surface area (Å²) in [7, 11) is 0. The molecule has 0 amide bonds. The van der Waals surface area contributed by atoms with Crippen LogP contribution in [0, 0.1) is 56.7 Å². The third-order valence-corrected chi connectivity index (χ3v) is 16.9. The third-order valence-electron chi connectivity index (χ3n) is 16.9. The van der Waals surface area contributed by atoms with Gasteiger partial charge in [-0.05, 0) is 129 Å². The summed E-state index contributed by atoms with van der Waals surface area (Å²) >= 11 is 0. The van der Waals surface area contributed by atoms with Crippen molar-refractivity contribution < 1.29 is 9.53 Å². The van der Waals surface area contributed by atoms with Crippen LogP contribution in [0.1, 0.15) is 203 Å². The van der Waals surface area contributed by atoms with Gasteiger partial charge in [0.2, 0.25) is 0 Å². The Morgan fingerprint density at radius 3 is 1.89 bits per heavy atom. The molecule has 5 aliphatic carbocycles. The minimum absolute atomic E-state index is 0.0416. The Kier molecular flexibility index (Phi) is 11.8. The number of hydrogen-bond acceptors (Lipinski definition) is 2. The van der Waals surface area contributed by atoms with Crippen molar-refractivity contribution >= 4 is 5.97 Å². The van der Waals surface area contributed by atoms with Crippen molar-refractivity contribution in [1.82, 2.24) is 0 Å². The Morgan fingerprint density at radius 1 is 0.660 bits per heavy atom. The summed E-state index contributed by atoms with van der Waals surface area (Å²) < 4.78 is 6.41. The van der Waals surface area contributed by atoms with Crippen molar-refractivity contribution in [3.63, 3.8) is 0 Å². The molecule has 0 aromatic carbocycles. The van der Waals surface area contributed by atoms with Gasteiger partial charge in [0.15, 0.2) is 0 Å². The van der Waals surface area contributed by atoms with E-state index in [-0.39, 0.29) is 17.5 Å². The molecule has 2 nitrogen and oxygen atoms in total. The smallest absolute Gasteiger partial charge is 0.306 e. The van der Waals surface area contributed by atoms with Gasteiger partial charge in [-0.25, -0.2) is 0 Å². The van der Waals surface area contributed by atoms with Gasteiger partial charge in [0.25, 0.3) is 0 Å². The molecule has 270 valence electrons. The van der Waals surface area contributed by atoms with Crippen LogP contribution in [0.4, 0.5) is 0 Å². The van der Waals surface area contributed by atoms with Crippen LogP contribution in [-0.2, 0) is 9.53 Å². The zero-order valence-corrected chi connectivity index (χ0v) is 32.8. The van der Waals surface area contributed by atoms with E-state index in [1.807, 2.05) is 0 Å². The summed E-state index contributed by atoms with van der Waals surface area (Å²) in [4.78, 5) is 13.2. The van der Waals surface area contributed by atoms with Gasteiger partial charge in [-0.3, -0.25) is 4.79 Å². The molecule has 0 N–H and O–H groups in total. The molecule has 5 rings (SSSR count). The summed E-state index contributed by atoms with van der Waals surface area (Å²) in [5.74, 6) is 3.89. The number of allylic oxidation sites excluding steroid dienone is 1. The second-order valence-corrected chi connectivity index (χ2v) is 19.8. The Bertz CT molecular complexity index is 1070. The first-order valence-electron chi connectivity index (χ1n) is 21.1. The molecule has 0 aromatic heterocycles. The monoisotopic (exact) mass is 651 g/mol. The highest BCUT2D eigenvalue weighted by Gasteiger charge is 2.70. The molecular formula is C45H78O2. The number of fused-ring (bicyclic) bond motifs is 7. The average molecular weight is 651 g/mol. The van der Waals surface area contributed by atoms with E-state index < -0.39 is 0 Å². The van der Waals surface area contributed by atoms with Crippen molar-refractivity contribution in [2.24, 2.45) is 56.7 Å². The van der Waals surface area contributed by atoms with E-state index in [9.17, 15) is 4.79 Å². The van der Waals surface area contributed by atoms with Crippen molar-refractivity contribution in [1.29, 1.82) is 0 Å². The quantitative estimate of drug-likeness (QED) is 0.100. The second kappa shape index (κ2) is 14.8. The molecule has 0 aromatic rings. The minimum atomic E-state index is 0.0416. The Morgan fingerprint density at radius 2 is 1.28 bits per heavy atom.